The van der Waals surface area contributed by atoms with Gasteiger partial charge < -0.3 is 19.7 Å². The molecule has 7 nitrogen and oxygen atoms in total. The predicted molar refractivity (Wildman–Crippen MR) is 112 cm³/mol. The van der Waals surface area contributed by atoms with Gasteiger partial charge in [-0.3, -0.25) is 4.79 Å². The summed E-state index contributed by atoms with van der Waals surface area (Å²) in [5.74, 6) is 0.702. The van der Waals surface area contributed by atoms with Crippen LogP contribution >= 0.6 is 11.3 Å². The zero-order chi connectivity index (χ0) is 21.0. The van der Waals surface area contributed by atoms with Crippen LogP contribution in [0.3, 0.4) is 0 Å². The third kappa shape index (κ3) is 5.93. The predicted octanol–water partition coefficient (Wildman–Crippen LogP) is 4.02. The standard InChI is InChI=1S/C21H27N3O4S/c1-21(2,3)28-20(26)24-11-10-16-17(13-24)29-19(22-16)23-18(25)9-8-14-6-5-7-15(12-14)27-4/h5-7,12H,8-11,13H2,1-4H3,(H,22,23,25). The second-order valence-corrected chi connectivity index (χ2v) is 9.02. The second-order valence-electron chi connectivity index (χ2n) is 7.94. The summed E-state index contributed by atoms with van der Waals surface area (Å²) in [6.45, 7) is 6.58. The minimum atomic E-state index is -0.521. The molecule has 8 heteroatoms. The number of hydrogen-bond donors (Lipinski definition) is 1. The molecule has 1 aromatic carbocycles. The van der Waals surface area contributed by atoms with Crippen LogP contribution in [0.15, 0.2) is 24.3 Å². The van der Waals surface area contributed by atoms with E-state index in [2.05, 4.69) is 10.3 Å². The first-order chi connectivity index (χ1) is 13.7. The number of aryl methyl sites for hydroxylation is 1. The molecule has 1 aliphatic heterocycles. The van der Waals surface area contributed by atoms with Crippen molar-refractivity contribution in [2.24, 2.45) is 0 Å². The highest BCUT2D eigenvalue weighted by molar-refractivity contribution is 7.15. The Bertz CT molecular complexity index is 888. The number of ether oxygens (including phenoxy) is 2. The topological polar surface area (TPSA) is 80.8 Å². The van der Waals surface area contributed by atoms with Gasteiger partial charge in [0.15, 0.2) is 5.13 Å². The number of carbonyl (C=O) groups is 2. The van der Waals surface area contributed by atoms with E-state index in [1.807, 2.05) is 45.0 Å². The minimum absolute atomic E-state index is 0.0806. The largest absolute Gasteiger partial charge is 0.497 e. The van der Waals surface area contributed by atoms with E-state index in [4.69, 9.17) is 9.47 Å². The summed E-state index contributed by atoms with van der Waals surface area (Å²) in [5.41, 5.74) is 1.47. The molecule has 2 heterocycles. The number of aromatic nitrogens is 1. The van der Waals surface area contributed by atoms with Crippen molar-refractivity contribution in [3.8, 4) is 5.75 Å². The van der Waals surface area contributed by atoms with E-state index in [0.717, 1.165) is 21.9 Å². The van der Waals surface area contributed by atoms with Crippen LogP contribution in [0.1, 0.15) is 43.3 Å². The maximum atomic E-state index is 12.3. The van der Waals surface area contributed by atoms with Crippen molar-refractivity contribution in [1.82, 2.24) is 9.88 Å². The maximum Gasteiger partial charge on any atom is 0.410 e. The number of thiazole rings is 1. The van der Waals surface area contributed by atoms with Crippen molar-refractivity contribution in [2.75, 3.05) is 19.0 Å². The summed E-state index contributed by atoms with van der Waals surface area (Å²) in [5, 5.41) is 3.46. The summed E-state index contributed by atoms with van der Waals surface area (Å²) < 4.78 is 10.7. The van der Waals surface area contributed by atoms with Gasteiger partial charge in [-0.2, -0.15) is 0 Å². The third-order valence-electron chi connectivity index (χ3n) is 4.40. The van der Waals surface area contributed by atoms with Crippen LogP contribution in [-0.2, 0) is 28.9 Å². The van der Waals surface area contributed by atoms with Crippen LogP contribution in [0, 0.1) is 0 Å². The zero-order valence-corrected chi connectivity index (χ0v) is 18.1. The van der Waals surface area contributed by atoms with Gasteiger partial charge in [-0.15, -0.1) is 0 Å². The van der Waals surface area contributed by atoms with Crippen LogP contribution in [0.25, 0.3) is 0 Å². The highest BCUT2D eigenvalue weighted by atomic mass is 32.1. The fourth-order valence-corrected chi connectivity index (χ4v) is 4.04. The molecule has 1 aliphatic rings. The Hall–Kier alpha value is -2.61. The average Bonchev–Trinajstić information content (AvgIpc) is 3.06. The van der Waals surface area contributed by atoms with Gasteiger partial charge in [-0.05, 0) is 44.9 Å². The number of anilines is 1. The Morgan fingerprint density at radius 2 is 2.10 bits per heavy atom. The van der Waals surface area contributed by atoms with Crippen molar-refractivity contribution in [3.63, 3.8) is 0 Å². The van der Waals surface area contributed by atoms with E-state index in [1.54, 1.807) is 12.0 Å². The average molecular weight is 418 g/mol. The summed E-state index contributed by atoms with van der Waals surface area (Å²) in [4.78, 5) is 31.8. The fraction of sp³-hybridized carbons (Fsp3) is 0.476. The first kappa shape index (κ1) is 21.1. The van der Waals surface area contributed by atoms with Crippen molar-refractivity contribution in [2.45, 2.75) is 52.2 Å². The molecule has 0 radical (unpaired) electrons. The minimum Gasteiger partial charge on any atom is -0.497 e. The number of methoxy groups -OCH3 is 1. The van der Waals surface area contributed by atoms with Gasteiger partial charge in [0, 0.05) is 24.3 Å². The molecule has 0 aliphatic carbocycles. The molecule has 0 unspecified atom stereocenters. The van der Waals surface area contributed by atoms with Gasteiger partial charge in [0.25, 0.3) is 0 Å². The Morgan fingerprint density at radius 3 is 2.83 bits per heavy atom. The van der Waals surface area contributed by atoms with Gasteiger partial charge in [0.2, 0.25) is 5.91 Å². The molecular formula is C21H27N3O4S. The van der Waals surface area contributed by atoms with Crippen molar-refractivity contribution in [1.29, 1.82) is 0 Å². The molecule has 0 saturated heterocycles. The number of fused-ring (bicyclic) bond motifs is 1. The highest BCUT2D eigenvalue weighted by Gasteiger charge is 2.28. The number of nitrogens with one attached hydrogen (secondary N) is 1. The highest BCUT2D eigenvalue weighted by Crippen LogP contribution is 2.29. The van der Waals surface area contributed by atoms with E-state index in [0.29, 0.717) is 37.5 Å². The number of amides is 2. The summed E-state index contributed by atoms with van der Waals surface area (Å²) in [6, 6.07) is 7.70. The van der Waals surface area contributed by atoms with Crippen LogP contribution in [-0.4, -0.2) is 41.1 Å². The quantitative estimate of drug-likeness (QED) is 0.795. The van der Waals surface area contributed by atoms with E-state index in [1.165, 1.54) is 11.3 Å². The molecule has 156 valence electrons. The molecular weight excluding hydrogens is 390 g/mol. The molecule has 0 atom stereocenters. The lowest BCUT2D eigenvalue weighted by atomic mass is 10.1. The lowest BCUT2D eigenvalue weighted by Gasteiger charge is -2.29. The normalized spacial score (nSPS) is 13.6. The molecule has 3 rings (SSSR count). The maximum absolute atomic E-state index is 12.3. The number of benzene rings is 1. The Morgan fingerprint density at radius 1 is 1.31 bits per heavy atom. The monoisotopic (exact) mass is 417 g/mol. The van der Waals surface area contributed by atoms with E-state index < -0.39 is 5.60 Å². The molecule has 1 aromatic heterocycles. The summed E-state index contributed by atoms with van der Waals surface area (Å²) in [7, 11) is 1.63. The molecule has 2 amide bonds. The molecule has 0 spiro atoms. The van der Waals surface area contributed by atoms with Crippen molar-refractivity contribution in [3.05, 3.63) is 40.4 Å². The van der Waals surface area contributed by atoms with Gasteiger partial charge in [0.05, 0.1) is 19.3 Å². The molecule has 29 heavy (non-hydrogen) atoms. The van der Waals surface area contributed by atoms with E-state index >= 15 is 0 Å². The van der Waals surface area contributed by atoms with Crippen LogP contribution in [0.2, 0.25) is 0 Å². The molecule has 0 saturated carbocycles. The van der Waals surface area contributed by atoms with Crippen molar-refractivity contribution < 1.29 is 19.1 Å². The van der Waals surface area contributed by atoms with Gasteiger partial charge in [-0.1, -0.05) is 23.5 Å². The van der Waals surface area contributed by atoms with E-state index in [-0.39, 0.29) is 12.0 Å². The Labute approximate surface area is 175 Å². The Kier molecular flexibility index (Phi) is 6.42. The molecule has 2 aromatic rings. The fourth-order valence-electron chi connectivity index (χ4n) is 3.00. The summed E-state index contributed by atoms with van der Waals surface area (Å²) >= 11 is 1.42. The second kappa shape index (κ2) is 8.82. The first-order valence-corrected chi connectivity index (χ1v) is 10.4. The molecule has 1 N–H and O–H groups in total. The van der Waals surface area contributed by atoms with Crippen LogP contribution < -0.4 is 10.1 Å². The number of carbonyl (C=O) groups excluding carboxylic acids is 2. The van der Waals surface area contributed by atoms with Crippen LogP contribution in [0.4, 0.5) is 9.93 Å². The SMILES string of the molecule is COc1cccc(CCC(=O)Nc2nc3c(s2)CN(C(=O)OC(C)(C)C)CC3)c1. The number of hydrogen-bond acceptors (Lipinski definition) is 6. The lowest BCUT2D eigenvalue weighted by molar-refractivity contribution is -0.116. The molecule has 0 bridgehead atoms. The van der Waals surface area contributed by atoms with Crippen LogP contribution in [0.5, 0.6) is 5.75 Å². The zero-order valence-electron chi connectivity index (χ0n) is 17.3. The molecule has 0 fully saturated rings. The third-order valence-corrected chi connectivity index (χ3v) is 5.40. The number of nitrogens with zero attached hydrogens (tertiary/aromatic N) is 2. The van der Waals surface area contributed by atoms with Gasteiger partial charge in [-0.25, -0.2) is 9.78 Å². The van der Waals surface area contributed by atoms with E-state index in [9.17, 15) is 9.59 Å². The Balaban J connectivity index is 1.54. The van der Waals surface area contributed by atoms with Crippen molar-refractivity contribution >= 4 is 28.5 Å². The summed E-state index contributed by atoms with van der Waals surface area (Å²) in [6.07, 6.45) is 1.33. The number of rotatable bonds is 5. The first-order valence-electron chi connectivity index (χ1n) is 9.63. The van der Waals surface area contributed by atoms with Gasteiger partial charge >= 0.3 is 6.09 Å². The lowest BCUT2D eigenvalue weighted by Crippen LogP contribution is -2.39. The van der Waals surface area contributed by atoms with Gasteiger partial charge in [0.1, 0.15) is 11.4 Å². The smallest absolute Gasteiger partial charge is 0.410 e.